The highest BCUT2D eigenvalue weighted by Crippen LogP contribution is 2.70. The van der Waals surface area contributed by atoms with E-state index >= 15 is 0 Å². The van der Waals surface area contributed by atoms with E-state index in [1.807, 2.05) is 0 Å². The molecule has 5 rings (SSSR count). The quantitative estimate of drug-likeness (QED) is 0.629. The van der Waals surface area contributed by atoms with Crippen LogP contribution in [-0.4, -0.2) is 33.6 Å². The van der Waals surface area contributed by atoms with Crippen molar-refractivity contribution in [2.75, 3.05) is 6.61 Å². The predicted molar refractivity (Wildman–Crippen MR) is 118 cm³/mol. The van der Waals surface area contributed by atoms with Gasteiger partial charge in [-0.3, -0.25) is 4.79 Å². The van der Waals surface area contributed by atoms with Gasteiger partial charge in [-0.1, -0.05) is 25.6 Å². The van der Waals surface area contributed by atoms with Gasteiger partial charge in [0, 0.05) is 23.7 Å². The Morgan fingerprint density at radius 3 is 2.60 bits per heavy atom. The first-order chi connectivity index (χ1) is 14.2. The molecule has 4 fully saturated rings. The summed E-state index contributed by atoms with van der Waals surface area (Å²) in [7, 11) is 0. The molecule has 30 heavy (non-hydrogen) atoms. The van der Waals surface area contributed by atoms with Gasteiger partial charge < -0.3 is 9.84 Å². The monoisotopic (exact) mass is 432 g/mol. The minimum atomic E-state index is -0.633. The molecule has 0 aromatic rings. The first-order valence-electron chi connectivity index (χ1n) is 11.9. The van der Waals surface area contributed by atoms with Crippen molar-refractivity contribution in [2.45, 2.75) is 89.4 Å². The summed E-state index contributed by atoms with van der Waals surface area (Å²) in [6.07, 6.45) is 11.5. The number of esters is 1. The molecule has 4 aliphatic carbocycles. The summed E-state index contributed by atoms with van der Waals surface area (Å²) >= 11 is 1.55. The fraction of sp³-hybridized carbons (Fsp3) is 0.840. The van der Waals surface area contributed by atoms with Crippen LogP contribution in [-0.2, 0) is 14.3 Å². The highest BCUT2D eigenvalue weighted by atomic mass is 32.2. The number of carbonyl (C=O) groups is 2. The Morgan fingerprint density at radius 2 is 1.90 bits per heavy atom. The van der Waals surface area contributed by atoms with E-state index in [-0.39, 0.29) is 27.8 Å². The third-order valence-corrected chi connectivity index (χ3v) is 11.4. The van der Waals surface area contributed by atoms with Crippen LogP contribution in [0.2, 0.25) is 0 Å². The van der Waals surface area contributed by atoms with E-state index in [0.717, 1.165) is 44.1 Å². The maximum Gasteiger partial charge on any atom is 0.331 e. The lowest BCUT2D eigenvalue weighted by atomic mass is 9.43. The number of hydrogen-bond acceptors (Lipinski definition) is 5. The normalized spacial score (nSPS) is 50.2. The largest absolute Gasteiger partial charge is 0.458 e. The maximum atomic E-state index is 12.2. The van der Waals surface area contributed by atoms with Crippen LogP contribution in [0.4, 0.5) is 0 Å². The maximum absolute atomic E-state index is 12.2. The number of cyclic esters (lactones) is 1. The summed E-state index contributed by atoms with van der Waals surface area (Å²) in [6, 6.07) is 0. The Labute approximate surface area is 184 Å². The smallest absolute Gasteiger partial charge is 0.331 e. The van der Waals surface area contributed by atoms with Gasteiger partial charge in [0.1, 0.15) is 6.61 Å². The van der Waals surface area contributed by atoms with Crippen LogP contribution in [0.5, 0.6) is 0 Å². The molecule has 0 aromatic carbocycles. The van der Waals surface area contributed by atoms with Crippen molar-refractivity contribution in [3.63, 3.8) is 0 Å². The highest BCUT2D eigenvalue weighted by Gasteiger charge is 2.67. The van der Waals surface area contributed by atoms with Crippen molar-refractivity contribution < 1.29 is 19.4 Å². The van der Waals surface area contributed by atoms with E-state index in [4.69, 9.17) is 4.74 Å². The zero-order valence-electron chi connectivity index (χ0n) is 18.6. The molecule has 1 heterocycles. The van der Waals surface area contributed by atoms with Crippen LogP contribution >= 0.6 is 11.8 Å². The topological polar surface area (TPSA) is 63.6 Å². The average molecular weight is 433 g/mol. The Morgan fingerprint density at radius 1 is 1.10 bits per heavy atom. The summed E-state index contributed by atoms with van der Waals surface area (Å²) in [6.45, 7) is 6.90. The summed E-state index contributed by atoms with van der Waals surface area (Å²) in [5.41, 5.74) is 0.612. The SMILES string of the molecule is CC(=O)S[C@H]1CC[C@@]2(C)[C@H](CC[C@@H]3[C@@H]2CC[C@]2(C)[C@@H](C4=CC(=O)OC4)CCC32O)C1. The van der Waals surface area contributed by atoms with E-state index in [0.29, 0.717) is 29.6 Å². The van der Waals surface area contributed by atoms with Crippen LogP contribution < -0.4 is 0 Å². The van der Waals surface area contributed by atoms with Gasteiger partial charge in [0.2, 0.25) is 0 Å². The zero-order chi connectivity index (χ0) is 21.3. The van der Waals surface area contributed by atoms with Crippen molar-refractivity contribution in [3.8, 4) is 0 Å². The van der Waals surface area contributed by atoms with E-state index in [1.54, 1.807) is 24.8 Å². The van der Waals surface area contributed by atoms with Gasteiger partial charge in [0.05, 0.1) is 5.60 Å². The van der Waals surface area contributed by atoms with Gasteiger partial charge in [-0.15, -0.1) is 0 Å². The molecule has 4 saturated carbocycles. The van der Waals surface area contributed by atoms with Crippen LogP contribution in [0.3, 0.4) is 0 Å². The lowest BCUT2D eigenvalue weighted by molar-refractivity contribution is -0.203. The van der Waals surface area contributed by atoms with Gasteiger partial charge in [0.25, 0.3) is 0 Å². The zero-order valence-corrected chi connectivity index (χ0v) is 19.4. The van der Waals surface area contributed by atoms with E-state index < -0.39 is 5.60 Å². The molecule has 8 atom stereocenters. The van der Waals surface area contributed by atoms with E-state index in [9.17, 15) is 14.7 Å². The molecule has 1 N–H and O–H groups in total. The van der Waals surface area contributed by atoms with Crippen molar-refractivity contribution in [2.24, 2.45) is 34.5 Å². The molecular formula is C25H36O4S. The molecule has 0 amide bonds. The number of rotatable bonds is 2. The number of carbonyl (C=O) groups excluding carboxylic acids is 2. The van der Waals surface area contributed by atoms with Crippen LogP contribution in [0.1, 0.15) is 78.6 Å². The van der Waals surface area contributed by atoms with Crippen LogP contribution in [0.15, 0.2) is 11.6 Å². The Kier molecular flexibility index (Phi) is 4.98. The van der Waals surface area contributed by atoms with Crippen molar-refractivity contribution in [1.29, 1.82) is 0 Å². The highest BCUT2D eigenvalue weighted by molar-refractivity contribution is 8.14. The third kappa shape index (κ3) is 2.90. The second kappa shape index (κ2) is 7.10. The molecule has 1 aliphatic heterocycles. The molecule has 0 bridgehead atoms. The lowest BCUT2D eigenvalue weighted by Crippen LogP contribution is -2.62. The van der Waals surface area contributed by atoms with Crippen LogP contribution in [0.25, 0.3) is 0 Å². The molecule has 5 heteroatoms. The minimum Gasteiger partial charge on any atom is -0.458 e. The molecule has 0 aromatic heterocycles. The van der Waals surface area contributed by atoms with Gasteiger partial charge in [-0.05, 0) is 92.4 Å². The fourth-order valence-electron chi connectivity index (χ4n) is 8.71. The number of thioether (sulfide) groups is 1. The van der Waals surface area contributed by atoms with E-state index in [1.165, 1.54) is 19.3 Å². The van der Waals surface area contributed by atoms with Crippen molar-refractivity contribution in [1.82, 2.24) is 0 Å². The lowest BCUT2D eigenvalue weighted by Gasteiger charge is -2.63. The standard InChI is InChI=1S/C25H36O4S/c1-15(26)30-18-6-9-23(2)17(13-18)4-5-21-20(23)7-10-24(3)19(8-11-25(21,24)28)16-12-22(27)29-14-16/h12,17-21,28H,4-11,13-14H2,1-3H3/t17-,18+,19-,20+,21-,23+,24-,25?/m1/s1. The third-order valence-electron chi connectivity index (χ3n) is 10.3. The summed E-state index contributed by atoms with van der Waals surface area (Å²) in [5, 5.41) is 13.0. The average Bonchev–Trinajstić information content (AvgIpc) is 3.22. The van der Waals surface area contributed by atoms with Gasteiger partial charge in [-0.2, -0.15) is 0 Å². The first-order valence-corrected chi connectivity index (χ1v) is 12.8. The number of aliphatic hydroxyl groups is 1. The minimum absolute atomic E-state index is 0.154. The molecule has 0 radical (unpaired) electrons. The van der Waals surface area contributed by atoms with Crippen LogP contribution in [0, 0.1) is 34.5 Å². The molecule has 0 saturated heterocycles. The number of fused-ring (bicyclic) bond motifs is 5. The first kappa shape index (κ1) is 21.1. The van der Waals surface area contributed by atoms with Gasteiger partial charge in [-0.25, -0.2) is 4.79 Å². The summed E-state index contributed by atoms with van der Waals surface area (Å²) in [5.74, 6) is 1.66. The molecule has 5 aliphatic rings. The fourth-order valence-corrected chi connectivity index (χ4v) is 9.75. The van der Waals surface area contributed by atoms with Crippen molar-refractivity contribution >= 4 is 22.8 Å². The molecular weight excluding hydrogens is 396 g/mol. The Hall–Kier alpha value is -0.810. The summed E-state index contributed by atoms with van der Waals surface area (Å²) < 4.78 is 5.23. The van der Waals surface area contributed by atoms with Gasteiger partial charge >= 0.3 is 5.97 Å². The molecule has 0 spiro atoms. The second-order valence-electron chi connectivity index (χ2n) is 11.3. The Bertz CT molecular complexity index is 792. The van der Waals surface area contributed by atoms with Gasteiger partial charge in [0.15, 0.2) is 5.12 Å². The predicted octanol–water partition coefficient (Wildman–Crippen LogP) is 4.89. The van der Waals surface area contributed by atoms with Crippen molar-refractivity contribution in [3.05, 3.63) is 11.6 Å². The Balaban J connectivity index is 1.40. The summed E-state index contributed by atoms with van der Waals surface area (Å²) in [4.78, 5) is 23.3. The molecule has 166 valence electrons. The van der Waals surface area contributed by atoms with E-state index in [2.05, 4.69) is 13.8 Å². The molecule has 4 nitrogen and oxygen atoms in total. The number of ether oxygens (including phenoxy) is 1. The molecule has 1 unspecified atom stereocenters. The number of hydrogen-bond donors (Lipinski definition) is 1. The second-order valence-corrected chi connectivity index (χ2v) is 12.8.